The van der Waals surface area contributed by atoms with Gasteiger partial charge in [0.2, 0.25) is 0 Å². The number of carbonyl (C=O) groups is 1. The van der Waals surface area contributed by atoms with Crippen LogP contribution in [0.25, 0.3) is 0 Å². The first-order chi connectivity index (χ1) is 13.0. The summed E-state index contributed by atoms with van der Waals surface area (Å²) in [6, 6.07) is 0. The highest BCUT2D eigenvalue weighted by molar-refractivity contribution is 6.21. The first-order valence-electron chi connectivity index (χ1n) is 10.3. The zero-order chi connectivity index (χ0) is 19.6. The van der Waals surface area contributed by atoms with Gasteiger partial charge in [-0.2, -0.15) is 0 Å². The first-order valence-corrected chi connectivity index (χ1v) is 10.7. The molecule has 2 aliphatic carbocycles. The molecule has 27 heavy (non-hydrogen) atoms. The summed E-state index contributed by atoms with van der Waals surface area (Å²) >= 11 is 6.49. The second kappa shape index (κ2) is 11.7. The van der Waals surface area contributed by atoms with E-state index in [4.69, 9.17) is 11.6 Å². The van der Waals surface area contributed by atoms with Crippen LogP contribution in [0.2, 0.25) is 0 Å². The summed E-state index contributed by atoms with van der Waals surface area (Å²) in [6.45, 7) is 0. The average Bonchev–Trinajstić information content (AvgIpc) is 2.95. The third-order valence-corrected chi connectivity index (χ3v) is 6.50. The monoisotopic (exact) mass is 396 g/mol. The molecule has 5 heteroatoms. The minimum Gasteiger partial charge on any atom is -0.459 e. The second-order valence-corrected chi connectivity index (χ2v) is 8.43. The molecular formula is C22H33ClO4. The molecule has 0 heterocycles. The van der Waals surface area contributed by atoms with Gasteiger partial charge in [-0.05, 0) is 43.9 Å². The summed E-state index contributed by atoms with van der Waals surface area (Å²) < 4.78 is 4.48. The van der Waals surface area contributed by atoms with E-state index in [0.717, 1.165) is 32.1 Å². The molecule has 4 nitrogen and oxygen atoms in total. The topological polar surface area (TPSA) is 66.8 Å². The van der Waals surface area contributed by atoms with E-state index in [1.54, 1.807) is 0 Å². The summed E-state index contributed by atoms with van der Waals surface area (Å²) in [6.07, 6.45) is 12.9. The van der Waals surface area contributed by atoms with Crippen molar-refractivity contribution in [3.05, 3.63) is 12.2 Å². The number of carbonyl (C=O) groups excluding carboxylic acids is 1. The zero-order valence-corrected chi connectivity index (χ0v) is 17.0. The summed E-state index contributed by atoms with van der Waals surface area (Å²) in [5.74, 6) is 5.32. The predicted octanol–water partition coefficient (Wildman–Crippen LogP) is 3.83. The van der Waals surface area contributed by atoms with E-state index in [1.807, 2.05) is 12.2 Å². The van der Waals surface area contributed by atoms with Crippen molar-refractivity contribution in [1.29, 1.82) is 0 Å². The highest BCUT2D eigenvalue weighted by atomic mass is 35.5. The van der Waals surface area contributed by atoms with Crippen LogP contribution in [0.4, 0.5) is 0 Å². The lowest BCUT2D eigenvalue weighted by molar-refractivity contribution is -0.133. The van der Waals surface area contributed by atoms with Crippen molar-refractivity contribution < 1.29 is 19.7 Å². The molecule has 0 amide bonds. The van der Waals surface area contributed by atoms with Gasteiger partial charge in [-0.15, -0.1) is 11.6 Å². The standard InChI is InChI=1S/C22H33ClO4/c1-27-22(26)12-8-3-2-7-11-17-18(21(25)15-19(17)23)13-14-20(24)16-9-5-4-6-10-16/h13-14,16-21,24-25H,2-7,9-11,15H2,1H3/b14-13+/t17-,18-,19-,20-,21-/m1/s1. The van der Waals surface area contributed by atoms with Crippen LogP contribution in [-0.2, 0) is 9.53 Å². The Kier molecular flexibility index (Phi) is 9.68. The fourth-order valence-corrected chi connectivity index (χ4v) is 4.86. The molecular weight excluding hydrogens is 364 g/mol. The quantitative estimate of drug-likeness (QED) is 0.171. The molecule has 0 aromatic carbocycles. The lowest BCUT2D eigenvalue weighted by Crippen LogP contribution is -2.23. The maximum Gasteiger partial charge on any atom is 0.384 e. The normalized spacial score (nSPS) is 30.1. The summed E-state index contributed by atoms with van der Waals surface area (Å²) in [5.41, 5.74) is 0. The first kappa shape index (κ1) is 22.3. The molecule has 0 spiro atoms. The molecule has 0 saturated heterocycles. The van der Waals surface area contributed by atoms with Crippen molar-refractivity contribution in [3.8, 4) is 11.8 Å². The van der Waals surface area contributed by atoms with Crippen LogP contribution in [-0.4, -0.2) is 40.9 Å². The van der Waals surface area contributed by atoms with Crippen molar-refractivity contribution in [3.63, 3.8) is 0 Å². The maximum atomic E-state index is 10.9. The zero-order valence-electron chi connectivity index (χ0n) is 16.3. The number of esters is 1. The minimum atomic E-state index is -0.503. The number of methoxy groups -OCH3 is 1. The average molecular weight is 397 g/mol. The van der Waals surface area contributed by atoms with Crippen molar-refractivity contribution in [1.82, 2.24) is 0 Å². The molecule has 0 aliphatic heterocycles. The largest absolute Gasteiger partial charge is 0.459 e. The van der Waals surface area contributed by atoms with Crippen molar-refractivity contribution in [2.24, 2.45) is 17.8 Å². The van der Waals surface area contributed by atoms with Gasteiger partial charge in [-0.1, -0.05) is 43.8 Å². The van der Waals surface area contributed by atoms with Crippen LogP contribution in [0.1, 0.15) is 64.2 Å². The van der Waals surface area contributed by atoms with Crippen LogP contribution < -0.4 is 0 Å². The number of aliphatic hydroxyl groups excluding tert-OH is 2. The van der Waals surface area contributed by atoms with E-state index in [2.05, 4.69) is 16.6 Å². The molecule has 0 aromatic heterocycles. The van der Waals surface area contributed by atoms with E-state index < -0.39 is 18.2 Å². The van der Waals surface area contributed by atoms with Crippen LogP contribution in [0.5, 0.6) is 0 Å². The Bertz CT molecular complexity index is 544. The third kappa shape index (κ3) is 7.14. The van der Waals surface area contributed by atoms with Crippen molar-refractivity contribution in [2.75, 3.05) is 7.11 Å². The van der Waals surface area contributed by atoms with Crippen LogP contribution in [0, 0.1) is 29.6 Å². The molecule has 5 atom stereocenters. The molecule has 152 valence electrons. The van der Waals surface area contributed by atoms with E-state index in [-0.39, 0.29) is 17.2 Å². The summed E-state index contributed by atoms with van der Waals surface area (Å²) in [7, 11) is 1.32. The number of rotatable bonds is 7. The molecule has 0 bridgehead atoms. The summed E-state index contributed by atoms with van der Waals surface area (Å²) in [4.78, 5) is 10.9. The fraction of sp³-hybridized carbons (Fsp3) is 0.773. The van der Waals surface area contributed by atoms with Crippen molar-refractivity contribution in [2.45, 2.75) is 81.8 Å². The second-order valence-electron chi connectivity index (χ2n) is 7.87. The van der Waals surface area contributed by atoms with Gasteiger partial charge in [0, 0.05) is 23.6 Å². The Balaban J connectivity index is 1.81. The molecule has 0 aromatic rings. The van der Waals surface area contributed by atoms with Gasteiger partial charge in [0.05, 0.1) is 19.3 Å². The highest BCUT2D eigenvalue weighted by Gasteiger charge is 2.39. The molecule has 2 aliphatic rings. The third-order valence-electron chi connectivity index (χ3n) is 6.00. The van der Waals surface area contributed by atoms with Crippen LogP contribution in [0.15, 0.2) is 12.2 Å². The molecule has 2 fully saturated rings. The van der Waals surface area contributed by atoms with E-state index in [9.17, 15) is 15.0 Å². The van der Waals surface area contributed by atoms with Gasteiger partial charge in [-0.3, -0.25) is 0 Å². The lowest BCUT2D eigenvalue weighted by atomic mass is 9.84. The Morgan fingerprint density at radius 3 is 2.74 bits per heavy atom. The number of aliphatic hydroxyl groups is 2. The highest BCUT2D eigenvalue weighted by Crippen LogP contribution is 2.40. The predicted molar refractivity (Wildman–Crippen MR) is 107 cm³/mol. The van der Waals surface area contributed by atoms with Gasteiger partial charge < -0.3 is 14.9 Å². The van der Waals surface area contributed by atoms with E-state index >= 15 is 0 Å². The Hall–Kier alpha value is -1.02. The molecule has 0 radical (unpaired) electrons. The number of alkyl halides is 1. The van der Waals surface area contributed by atoms with Gasteiger partial charge in [-0.25, -0.2) is 4.79 Å². The van der Waals surface area contributed by atoms with Crippen LogP contribution in [0.3, 0.4) is 0 Å². The van der Waals surface area contributed by atoms with Gasteiger partial charge >= 0.3 is 5.97 Å². The SMILES string of the molecule is COC(=O)C#CCCCC[C@@H]1[C@@H](/C=C/[C@@H](O)C2CCCCC2)[C@H](O)C[C@H]1Cl. The van der Waals surface area contributed by atoms with Gasteiger partial charge in [0.1, 0.15) is 0 Å². The Labute approximate surface area is 168 Å². The molecule has 0 unspecified atom stereocenters. The van der Waals surface area contributed by atoms with Crippen molar-refractivity contribution >= 4 is 17.6 Å². The smallest absolute Gasteiger partial charge is 0.384 e. The van der Waals surface area contributed by atoms with E-state index in [0.29, 0.717) is 18.8 Å². The minimum absolute atomic E-state index is 0.00638. The van der Waals surface area contributed by atoms with Gasteiger partial charge in [0.15, 0.2) is 0 Å². The number of ether oxygens (including phenoxy) is 1. The number of hydrogen-bond acceptors (Lipinski definition) is 4. The van der Waals surface area contributed by atoms with Gasteiger partial charge in [0.25, 0.3) is 0 Å². The Morgan fingerprint density at radius 2 is 2.04 bits per heavy atom. The molecule has 2 rings (SSSR count). The number of hydrogen-bond donors (Lipinski definition) is 2. The molecule has 2 N–H and O–H groups in total. The van der Waals surface area contributed by atoms with E-state index in [1.165, 1.54) is 26.4 Å². The fourth-order valence-electron chi connectivity index (χ4n) is 4.39. The summed E-state index contributed by atoms with van der Waals surface area (Å²) in [5, 5.41) is 20.8. The van der Waals surface area contributed by atoms with Crippen LogP contribution >= 0.6 is 11.6 Å². The molecule has 2 saturated carbocycles. The number of unbranched alkanes of at least 4 members (excludes halogenated alkanes) is 2. The number of halogens is 1. The Morgan fingerprint density at radius 1 is 1.30 bits per heavy atom. The lowest BCUT2D eigenvalue weighted by Gasteiger charge is -2.25. The maximum absolute atomic E-state index is 10.9.